The summed E-state index contributed by atoms with van der Waals surface area (Å²) in [6, 6.07) is 5.36. The lowest BCUT2D eigenvalue weighted by Gasteiger charge is -2.07. The van der Waals surface area contributed by atoms with E-state index < -0.39 is 5.97 Å². The zero-order chi connectivity index (χ0) is 19.6. The summed E-state index contributed by atoms with van der Waals surface area (Å²) in [7, 11) is 0. The molecule has 0 saturated heterocycles. The summed E-state index contributed by atoms with van der Waals surface area (Å²) in [4.78, 5) is 30.5. The minimum atomic E-state index is -0.419. The molecule has 0 aromatic carbocycles. The number of amides is 1. The molecule has 1 N–H and O–H groups in total. The lowest BCUT2D eigenvalue weighted by atomic mass is 10.2. The third-order valence-electron chi connectivity index (χ3n) is 4.41. The highest BCUT2D eigenvalue weighted by atomic mass is 32.1. The van der Waals surface area contributed by atoms with Crippen LogP contribution in [0.3, 0.4) is 0 Å². The van der Waals surface area contributed by atoms with E-state index >= 15 is 0 Å². The van der Waals surface area contributed by atoms with Crippen LogP contribution in [-0.2, 0) is 17.6 Å². The summed E-state index contributed by atoms with van der Waals surface area (Å²) >= 11 is 1.40. The molecule has 0 fully saturated rings. The smallest absolute Gasteiger partial charge is 0.341 e. The number of hydrogen-bond acceptors (Lipinski definition) is 5. The summed E-state index contributed by atoms with van der Waals surface area (Å²) in [5.74, 6) is -0.685. The van der Waals surface area contributed by atoms with Crippen molar-refractivity contribution in [3.63, 3.8) is 0 Å². The van der Waals surface area contributed by atoms with Crippen LogP contribution in [0, 0.1) is 6.92 Å². The lowest BCUT2D eigenvalue weighted by molar-refractivity contribution is 0.0528. The minimum absolute atomic E-state index is 0.266. The van der Waals surface area contributed by atoms with Gasteiger partial charge < -0.3 is 14.5 Å². The van der Waals surface area contributed by atoms with E-state index in [9.17, 15) is 9.59 Å². The van der Waals surface area contributed by atoms with Crippen LogP contribution in [0.4, 0.5) is 5.00 Å². The number of thiophene rings is 1. The number of carbonyl (C=O) groups is 2. The SMILES string of the molecule is CCOC(=O)c1cc(CC)sc1NC(=O)c1ccc2nc(CC)c(C)n2c1. The Labute approximate surface area is 162 Å². The quantitative estimate of drug-likeness (QED) is 0.644. The first-order valence-corrected chi connectivity index (χ1v) is 9.88. The molecular formula is C20H23N3O3S. The van der Waals surface area contributed by atoms with Crippen LogP contribution in [-0.4, -0.2) is 27.9 Å². The number of hydrogen-bond donors (Lipinski definition) is 1. The maximum Gasteiger partial charge on any atom is 0.341 e. The van der Waals surface area contributed by atoms with Crippen molar-refractivity contribution >= 4 is 33.9 Å². The molecule has 6 nitrogen and oxygen atoms in total. The predicted octanol–water partition coefficient (Wildman–Crippen LogP) is 4.26. The highest BCUT2D eigenvalue weighted by Gasteiger charge is 2.19. The molecule has 27 heavy (non-hydrogen) atoms. The van der Waals surface area contributed by atoms with Gasteiger partial charge in [-0.15, -0.1) is 11.3 Å². The molecule has 0 atom stereocenters. The summed E-state index contributed by atoms with van der Waals surface area (Å²) in [6.45, 7) is 8.11. The van der Waals surface area contributed by atoms with Crippen molar-refractivity contribution in [2.24, 2.45) is 0 Å². The Hall–Kier alpha value is -2.67. The van der Waals surface area contributed by atoms with E-state index in [2.05, 4.69) is 17.2 Å². The molecule has 0 saturated carbocycles. The number of aryl methyl sites for hydroxylation is 3. The van der Waals surface area contributed by atoms with Crippen LogP contribution in [0.1, 0.15) is 57.8 Å². The average molecular weight is 385 g/mol. The standard InChI is InChI=1S/C20H23N3O3S/c1-5-14-10-15(20(25)26-7-3)19(27-14)22-18(24)13-8-9-17-21-16(6-2)12(4)23(17)11-13/h8-11H,5-7H2,1-4H3,(H,22,24). The molecule has 3 aromatic rings. The topological polar surface area (TPSA) is 72.7 Å². The Kier molecular flexibility index (Phi) is 5.60. The van der Waals surface area contributed by atoms with Crippen LogP contribution in [0.5, 0.6) is 0 Å². The summed E-state index contributed by atoms with van der Waals surface area (Å²) < 4.78 is 7.03. The zero-order valence-electron chi connectivity index (χ0n) is 16.0. The summed E-state index contributed by atoms with van der Waals surface area (Å²) in [5, 5.41) is 3.39. The lowest BCUT2D eigenvalue weighted by Crippen LogP contribution is -2.14. The van der Waals surface area contributed by atoms with Crippen LogP contribution in [0.2, 0.25) is 0 Å². The molecule has 3 aromatic heterocycles. The molecule has 0 aliphatic rings. The van der Waals surface area contributed by atoms with Gasteiger partial charge in [-0.2, -0.15) is 0 Å². The van der Waals surface area contributed by atoms with Gasteiger partial charge in [0.1, 0.15) is 10.6 Å². The molecule has 0 radical (unpaired) electrons. The first-order valence-electron chi connectivity index (χ1n) is 9.07. The number of fused-ring (bicyclic) bond motifs is 1. The maximum absolute atomic E-state index is 12.8. The van der Waals surface area contributed by atoms with Crippen LogP contribution in [0.15, 0.2) is 24.4 Å². The second-order valence-electron chi connectivity index (χ2n) is 6.13. The molecular weight excluding hydrogens is 362 g/mol. The van der Waals surface area contributed by atoms with Gasteiger partial charge in [0.25, 0.3) is 5.91 Å². The first-order chi connectivity index (χ1) is 13.0. The Bertz CT molecular complexity index is 1000. The van der Waals surface area contributed by atoms with Gasteiger partial charge in [0, 0.05) is 16.8 Å². The van der Waals surface area contributed by atoms with E-state index in [1.54, 1.807) is 25.3 Å². The Balaban J connectivity index is 1.91. The number of nitrogens with one attached hydrogen (secondary N) is 1. The second-order valence-corrected chi connectivity index (χ2v) is 7.26. The number of imidazole rings is 1. The summed E-state index contributed by atoms with van der Waals surface area (Å²) in [5.41, 5.74) is 3.77. The van der Waals surface area contributed by atoms with Crippen LogP contribution in [0.25, 0.3) is 5.65 Å². The molecule has 7 heteroatoms. The molecule has 0 bridgehead atoms. The molecule has 0 aliphatic heterocycles. The number of carbonyl (C=O) groups excluding carboxylic acids is 2. The second kappa shape index (κ2) is 7.92. The Morgan fingerprint density at radius 2 is 2.00 bits per heavy atom. The van der Waals surface area contributed by atoms with E-state index in [1.807, 2.05) is 24.3 Å². The number of ether oxygens (including phenoxy) is 1. The van der Waals surface area contributed by atoms with Gasteiger partial charge >= 0.3 is 5.97 Å². The fourth-order valence-electron chi connectivity index (χ4n) is 2.92. The minimum Gasteiger partial charge on any atom is -0.462 e. The number of anilines is 1. The van der Waals surface area contributed by atoms with Gasteiger partial charge in [-0.3, -0.25) is 4.79 Å². The van der Waals surface area contributed by atoms with Gasteiger partial charge in [-0.1, -0.05) is 13.8 Å². The third kappa shape index (κ3) is 3.73. The highest BCUT2D eigenvalue weighted by molar-refractivity contribution is 7.16. The number of rotatable bonds is 6. The van der Waals surface area contributed by atoms with Gasteiger partial charge in [0.05, 0.1) is 23.4 Å². The van der Waals surface area contributed by atoms with E-state index in [-0.39, 0.29) is 5.91 Å². The molecule has 3 rings (SSSR count). The van der Waals surface area contributed by atoms with Crippen molar-refractivity contribution < 1.29 is 14.3 Å². The van der Waals surface area contributed by atoms with Crippen molar-refractivity contribution in [2.45, 2.75) is 40.5 Å². The van der Waals surface area contributed by atoms with Gasteiger partial charge in [-0.05, 0) is 44.9 Å². The number of nitrogens with zero attached hydrogens (tertiary/aromatic N) is 2. The van der Waals surface area contributed by atoms with Crippen LogP contribution >= 0.6 is 11.3 Å². The normalized spacial score (nSPS) is 11.0. The molecule has 1 amide bonds. The monoisotopic (exact) mass is 385 g/mol. The largest absolute Gasteiger partial charge is 0.462 e. The van der Waals surface area contributed by atoms with Crippen molar-refractivity contribution in [3.8, 4) is 0 Å². The average Bonchev–Trinajstić information content (AvgIpc) is 3.22. The predicted molar refractivity (Wildman–Crippen MR) is 107 cm³/mol. The summed E-state index contributed by atoms with van der Waals surface area (Å²) in [6.07, 6.45) is 3.41. The fourth-order valence-corrected chi connectivity index (χ4v) is 3.90. The molecule has 3 heterocycles. The van der Waals surface area contributed by atoms with Crippen molar-refractivity contribution in [2.75, 3.05) is 11.9 Å². The van der Waals surface area contributed by atoms with E-state index in [0.29, 0.717) is 22.7 Å². The van der Waals surface area contributed by atoms with Crippen molar-refractivity contribution in [1.82, 2.24) is 9.38 Å². The third-order valence-corrected chi connectivity index (χ3v) is 5.60. The number of pyridine rings is 1. The first kappa shape index (κ1) is 19.1. The van der Waals surface area contributed by atoms with E-state index in [0.717, 1.165) is 34.8 Å². The highest BCUT2D eigenvalue weighted by Crippen LogP contribution is 2.30. The van der Waals surface area contributed by atoms with Crippen LogP contribution < -0.4 is 5.32 Å². The van der Waals surface area contributed by atoms with Gasteiger partial charge in [0.2, 0.25) is 0 Å². The Morgan fingerprint density at radius 1 is 1.22 bits per heavy atom. The molecule has 142 valence electrons. The molecule has 0 aliphatic carbocycles. The fraction of sp³-hybridized carbons (Fsp3) is 0.350. The molecule has 0 spiro atoms. The molecule has 0 unspecified atom stereocenters. The van der Waals surface area contributed by atoms with Gasteiger partial charge in [0.15, 0.2) is 0 Å². The van der Waals surface area contributed by atoms with E-state index in [1.165, 1.54) is 11.3 Å². The number of esters is 1. The van der Waals surface area contributed by atoms with Crippen molar-refractivity contribution in [1.29, 1.82) is 0 Å². The maximum atomic E-state index is 12.8. The Morgan fingerprint density at radius 3 is 2.67 bits per heavy atom. The number of aromatic nitrogens is 2. The van der Waals surface area contributed by atoms with Crippen molar-refractivity contribution in [3.05, 3.63) is 51.8 Å². The van der Waals surface area contributed by atoms with E-state index in [4.69, 9.17) is 4.74 Å². The zero-order valence-corrected chi connectivity index (χ0v) is 16.8. The van der Waals surface area contributed by atoms with Gasteiger partial charge in [-0.25, -0.2) is 9.78 Å².